The molecule has 0 aliphatic heterocycles. The first-order valence-corrected chi connectivity index (χ1v) is 8.20. The van der Waals surface area contributed by atoms with Crippen LogP contribution in [0.1, 0.15) is 65.2 Å². The molecule has 4 nitrogen and oxygen atoms in total. The van der Waals surface area contributed by atoms with Gasteiger partial charge in [0.25, 0.3) is 0 Å². The van der Waals surface area contributed by atoms with Crippen molar-refractivity contribution in [1.82, 2.24) is 0 Å². The monoisotopic (exact) mass is 296 g/mol. The summed E-state index contributed by atoms with van der Waals surface area (Å²) in [5.74, 6) is -1.69. The molecular weight excluding hydrogens is 268 g/mol. The number of carbonyl (C=O) groups is 2. The summed E-state index contributed by atoms with van der Waals surface area (Å²) in [5, 5.41) is 0. The van der Waals surface area contributed by atoms with E-state index in [-0.39, 0.29) is 13.2 Å². The molecule has 0 radical (unpaired) electrons. The van der Waals surface area contributed by atoms with Crippen molar-refractivity contribution in [3.63, 3.8) is 0 Å². The van der Waals surface area contributed by atoms with Crippen LogP contribution in [0.5, 0.6) is 0 Å². The summed E-state index contributed by atoms with van der Waals surface area (Å²) in [6.07, 6.45) is 10.8. The SMILES string of the molecule is CCOC(=O)C(CCC1=CCCCCCC1)C(=O)OCC. The lowest BCUT2D eigenvalue weighted by Crippen LogP contribution is -2.28. The average molecular weight is 296 g/mol. The fourth-order valence-corrected chi connectivity index (χ4v) is 2.63. The molecule has 0 aromatic rings. The molecule has 0 amide bonds. The highest BCUT2D eigenvalue weighted by Crippen LogP contribution is 2.23. The molecule has 0 bridgehead atoms. The minimum Gasteiger partial charge on any atom is -0.465 e. The molecule has 4 heteroatoms. The Balaban J connectivity index is 2.58. The minimum absolute atomic E-state index is 0.289. The summed E-state index contributed by atoms with van der Waals surface area (Å²) in [7, 11) is 0. The zero-order valence-electron chi connectivity index (χ0n) is 13.4. The Morgan fingerprint density at radius 3 is 2.29 bits per heavy atom. The lowest BCUT2D eigenvalue weighted by atomic mass is 9.93. The Kier molecular flexibility index (Phi) is 8.79. The molecule has 0 N–H and O–H groups in total. The molecular formula is C17H28O4. The van der Waals surface area contributed by atoms with E-state index in [1.807, 2.05) is 0 Å². The molecule has 1 rings (SSSR count). The maximum atomic E-state index is 11.9. The fourth-order valence-electron chi connectivity index (χ4n) is 2.63. The summed E-state index contributed by atoms with van der Waals surface area (Å²) in [6, 6.07) is 0. The molecule has 0 fully saturated rings. The Morgan fingerprint density at radius 2 is 1.67 bits per heavy atom. The summed E-state index contributed by atoms with van der Waals surface area (Å²) in [6.45, 7) is 4.07. The smallest absolute Gasteiger partial charge is 0.320 e. The molecule has 120 valence electrons. The second-order valence-electron chi connectivity index (χ2n) is 5.41. The van der Waals surface area contributed by atoms with Gasteiger partial charge in [-0.1, -0.05) is 24.5 Å². The predicted octanol–water partition coefficient (Wildman–Crippen LogP) is 3.79. The summed E-state index contributed by atoms with van der Waals surface area (Å²) in [5.41, 5.74) is 1.37. The van der Waals surface area contributed by atoms with Gasteiger partial charge in [-0.2, -0.15) is 0 Å². The van der Waals surface area contributed by atoms with Crippen LogP contribution in [0.15, 0.2) is 11.6 Å². The number of carbonyl (C=O) groups excluding carboxylic acids is 2. The predicted molar refractivity (Wildman–Crippen MR) is 81.8 cm³/mol. The fraction of sp³-hybridized carbons (Fsp3) is 0.765. The van der Waals surface area contributed by atoms with Crippen LogP contribution in [0.3, 0.4) is 0 Å². The van der Waals surface area contributed by atoms with Crippen LogP contribution in [0.4, 0.5) is 0 Å². The van der Waals surface area contributed by atoms with Crippen molar-refractivity contribution in [1.29, 1.82) is 0 Å². The molecule has 21 heavy (non-hydrogen) atoms. The first-order valence-electron chi connectivity index (χ1n) is 8.20. The van der Waals surface area contributed by atoms with Gasteiger partial charge >= 0.3 is 11.9 Å². The van der Waals surface area contributed by atoms with Crippen molar-refractivity contribution < 1.29 is 19.1 Å². The number of allylic oxidation sites excluding steroid dienone is 2. The normalized spacial score (nSPS) is 15.9. The summed E-state index contributed by atoms with van der Waals surface area (Å²) >= 11 is 0. The van der Waals surface area contributed by atoms with Gasteiger partial charge in [0.2, 0.25) is 0 Å². The van der Waals surface area contributed by atoms with Crippen molar-refractivity contribution in [3.05, 3.63) is 11.6 Å². The van der Waals surface area contributed by atoms with Crippen LogP contribution in [-0.2, 0) is 19.1 Å². The van der Waals surface area contributed by atoms with E-state index in [2.05, 4.69) is 6.08 Å². The number of rotatable bonds is 7. The molecule has 0 aromatic carbocycles. The second-order valence-corrected chi connectivity index (χ2v) is 5.41. The molecule has 0 spiro atoms. The van der Waals surface area contributed by atoms with Crippen molar-refractivity contribution in [3.8, 4) is 0 Å². The van der Waals surface area contributed by atoms with Crippen LogP contribution in [0, 0.1) is 5.92 Å². The first-order chi connectivity index (χ1) is 10.2. The van der Waals surface area contributed by atoms with E-state index >= 15 is 0 Å². The van der Waals surface area contributed by atoms with Gasteiger partial charge in [-0.25, -0.2) is 0 Å². The topological polar surface area (TPSA) is 52.6 Å². The third-order valence-corrected chi connectivity index (χ3v) is 3.78. The average Bonchev–Trinajstić information content (AvgIpc) is 2.41. The standard InChI is InChI=1S/C17H28O4/c1-3-20-16(18)15(17(19)21-4-2)13-12-14-10-8-6-5-7-9-11-14/h10,15H,3-9,11-13H2,1-2H3. The molecule has 0 saturated heterocycles. The lowest BCUT2D eigenvalue weighted by molar-refractivity contribution is -0.161. The Hall–Kier alpha value is -1.32. The zero-order valence-corrected chi connectivity index (χ0v) is 13.4. The third-order valence-electron chi connectivity index (χ3n) is 3.78. The van der Waals surface area contributed by atoms with E-state index in [1.54, 1.807) is 13.8 Å². The minimum atomic E-state index is -0.781. The third kappa shape index (κ3) is 6.78. The number of esters is 2. The van der Waals surface area contributed by atoms with Crippen molar-refractivity contribution >= 4 is 11.9 Å². The zero-order chi connectivity index (χ0) is 15.5. The van der Waals surface area contributed by atoms with Crippen LogP contribution >= 0.6 is 0 Å². The molecule has 1 aliphatic carbocycles. The van der Waals surface area contributed by atoms with Crippen LogP contribution in [0.25, 0.3) is 0 Å². The van der Waals surface area contributed by atoms with Crippen molar-refractivity contribution in [2.24, 2.45) is 5.92 Å². The van der Waals surface area contributed by atoms with Gasteiger partial charge in [-0.3, -0.25) is 9.59 Å². The van der Waals surface area contributed by atoms with E-state index in [0.29, 0.717) is 6.42 Å². The largest absolute Gasteiger partial charge is 0.465 e. The lowest BCUT2D eigenvalue weighted by Gasteiger charge is -2.16. The van der Waals surface area contributed by atoms with Gasteiger partial charge in [0.1, 0.15) is 0 Å². The van der Waals surface area contributed by atoms with Crippen LogP contribution in [-0.4, -0.2) is 25.2 Å². The molecule has 1 aliphatic rings. The van der Waals surface area contributed by atoms with Crippen LogP contribution < -0.4 is 0 Å². The van der Waals surface area contributed by atoms with Gasteiger partial charge in [0, 0.05) is 0 Å². The van der Waals surface area contributed by atoms with E-state index in [9.17, 15) is 9.59 Å². The highest BCUT2D eigenvalue weighted by Gasteiger charge is 2.29. The highest BCUT2D eigenvalue weighted by atomic mass is 16.6. The maximum Gasteiger partial charge on any atom is 0.320 e. The van der Waals surface area contributed by atoms with Gasteiger partial charge < -0.3 is 9.47 Å². The first kappa shape index (κ1) is 17.7. The number of hydrogen-bond donors (Lipinski definition) is 0. The number of hydrogen-bond acceptors (Lipinski definition) is 4. The van der Waals surface area contributed by atoms with Crippen molar-refractivity contribution in [2.45, 2.75) is 65.2 Å². The van der Waals surface area contributed by atoms with E-state index in [4.69, 9.17) is 9.47 Å². The summed E-state index contributed by atoms with van der Waals surface area (Å²) < 4.78 is 9.99. The molecule has 0 aromatic heterocycles. The van der Waals surface area contributed by atoms with Gasteiger partial charge in [-0.05, 0) is 52.4 Å². The molecule has 0 atom stereocenters. The maximum absolute atomic E-state index is 11.9. The van der Waals surface area contributed by atoms with Gasteiger partial charge in [0.05, 0.1) is 13.2 Å². The Morgan fingerprint density at radius 1 is 1.05 bits per heavy atom. The van der Waals surface area contributed by atoms with Crippen LogP contribution in [0.2, 0.25) is 0 Å². The molecule has 0 heterocycles. The van der Waals surface area contributed by atoms with Gasteiger partial charge in [0.15, 0.2) is 5.92 Å². The van der Waals surface area contributed by atoms with E-state index in [1.165, 1.54) is 31.3 Å². The van der Waals surface area contributed by atoms with Gasteiger partial charge in [-0.15, -0.1) is 0 Å². The quantitative estimate of drug-likeness (QED) is 0.407. The second kappa shape index (κ2) is 10.4. The summed E-state index contributed by atoms with van der Waals surface area (Å²) in [4.78, 5) is 23.8. The highest BCUT2D eigenvalue weighted by molar-refractivity contribution is 5.94. The Labute approximate surface area is 127 Å². The van der Waals surface area contributed by atoms with E-state index in [0.717, 1.165) is 19.3 Å². The Bertz CT molecular complexity index is 342. The number of ether oxygens (including phenoxy) is 2. The molecule has 0 unspecified atom stereocenters. The van der Waals surface area contributed by atoms with E-state index < -0.39 is 17.9 Å². The van der Waals surface area contributed by atoms with Crippen molar-refractivity contribution in [2.75, 3.05) is 13.2 Å². The molecule has 0 saturated carbocycles.